The molecule has 1 aliphatic heterocycles. The summed E-state index contributed by atoms with van der Waals surface area (Å²) in [7, 11) is 1.56. The summed E-state index contributed by atoms with van der Waals surface area (Å²) in [5.74, 6) is 1.26. The predicted octanol–water partition coefficient (Wildman–Crippen LogP) is 5.44. The summed E-state index contributed by atoms with van der Waals surface area (Å²) in [5, 5.41) is 0.623. The number of allylic oxidation sites excluding steroid dienone is 1. The molecule has 0 amide bonds. The van der Waals surface area contributed by atoms with Crippen LogP contribution in [0.15, 0.2) is 87.8 Å². The molecule has 0 bridgehead atoms. The first kappa shape index (κ1) is 30.1. The van der Waals surface area contributed by atoms with Crippen molar-refractivity contribution in [3.63, 3.8) is 0 Å². The standard InChI is InChI=1S/C33H31ClN2O6S/c1-5-40-24-14-12-22(13-15-24)30-29(32(38)41-6-2)20(3)35-33-36(30)31(37)28(43-33)18-21-11-16-26(27(17-21)39-4)42-19-23-9-7-8-10-25(23)34/h7-18,30H,5-6,19H2,1-4H3/b28-18-/t30-/m0/s1. The lowest BCUT2D eigenvalue weighted by Gasteiger charge is -2.24. The second-order valence-corrected chi connectivity index (χ2v) is 11.0. The smallest absolute Gasteiger partial charge is 0.338 e. The van der Waals surface area contributed by atoms with Crippen molar-refractivity contribution in [1.82, 2.24) is 4.57 Å². The molecule has 0 radical (unpaired) electrons. The third-order valence-corrected chi connectivity index (χ3v) is 8.20. The summed E-state index contributed by atoms with van der Waals surface area (Å²) in [4.78, 5) is 32.2. The average molecular weight is 619 g/mol. The van der Waals surface area contributed by atoms with Gasteiger partial charge >= 0.3 is 5.97 Å². The lowest BCUT2D eigenvalue weighted by atomic mass is 9.96. The fourth-order valence-corrected chi connectivity index (χ4v) is 6.07. The SMILES string of the molecule is CCOC(=O)C1=C(C)N=c2s/c(=C\c3ccc(OCc4ccccc4Cl)c(OC)c3)c(=O)n2[C@H]1c1ccc(OCC)cc1. The van der Waals surface area contributed by atoms with E-state index in [4.69, 9.17) is 30.5 Å². The van der Waals surface area contributed by atoms with Crippen LogP contribution in [-0.2, 0) is 16.1 Å². The molecule has 10 heteroatoms. The predicted molar refractivity (Wildman–Crippen MR) is 167 cm³/mol. The van der Waals surface area contributed by atoms with Crippen LogP contribution in [0, 0.1) is 0 Å². The maximum absolute atomic E-state index is 13.9. The molecule has 43 heavy (non-hydrogen) atoms. The number of carbonyl (C=O) groups excluding carboxylic acids is 1. The van der Waals surface area contributed by atoms with Gasteiger partial charge in [0.25, 0.3) is 5.56 Å². The van der Waals surface area contributed by atoms with Gasteiger partial charge in [0, 0.05) is 10.6 Å². The number of methoxy groups -OCH3 is 1. The maximum Gasteiger partial charge on any atom is 0.338 e. The molecule has 0 fully saturated rings. The van der Waals surface area contributed by atoms with Gasteiger partial charge in [-0.3, -0.25) is 9.36 Å². The molecule has 1 aromatic heterocycles. The van der Waals surface area contributed by atoms with Gasteiger partial charge < -0.3 is 18.9 Å². The normalized spacial score (nSPS) is 14.6. The molecule has 5 rings (SSSR count). The van der Waals surface area contributed by atoms with Crippen molar-refractivity contribution in [2.45, 2.75) is 33.4 Å². The van der Waals surface area contributed by atoms with E-state index in [-0.39, 0.29) is 18.8 Å². The quantitative estimate of drug-likeness (QED) is 0.220. The molecule has 0 aliphatic carbocycles. The zero-order chi connectivity index (χ0) is 30.5. The molecule has 0 N–H and O–H groups in total. The molecule has 0 unspecified atom stereocenters. The molecule has 0 spiro atoms. The number of nitrogens with zero attached hydrogens (tertiary/aromatic N) is 2. The van der Waals surface area contributed by atoms with E-state index >= 15 is 0 Å². The molecule has 1 atom stereocenters. The zero-order valence-corrected chi connectivity index (χ0v) is 25.8. The summed E-state index contributed by atoms with van der Waals surface area (Å²) in [6, 6.07) is 19.6. The van der Waals surface area contributed by atoms with Crippen LogP contribution in [0.5, 0.6) is 17.2 Å². The molecule has 2 heterocycles. The van der Waals surface area contributed by atoms with Gasteiger partial charge in [-0.1, -0.05) is 59.3 Å². The highest BCUT2D eigenvalue weighted by molar-refractivity contribution is 7.07. The van der Waals surface area contributed by atoms with Gasteiger partial charge in [-0.05, 0) is 68.3 Å². The number of fused-ring (bicyclic) bond motifs is 1. The zero-order valence-electron chi connectivity index (χ0n) is 24.3. The molecule has 0 saturated carbocycles. The van der Waals surface area contributed by atoms with E-state index in [1.165, 1.54) is 11.3 Å². The molecule has 1 aliphatic rings. The molecule has 3 aromatic carbocycles. The van der Waals surface area contributed by atoms with E-state index in [2.05, 4.69) is 4.99 Å². The molecular weight excluding hydrogens is 588 g/mol. The van der Waals surface area contributed by atoms with Gasteiger partial charge in [0.05, 0.1) is 42.2 Å². The van der Waals surface area contributed by atoms with Crippen LogP contribution in [0.2, 0.25) is 5.02 Å². The summed E-state index contributed by atoms with van der Waals surface area (Å²) in [5.41, 5.74) is 2.91. The Hall–Kier alpha value is -4.34. The van der Waals surface area contributed by atoms with Crippen LogP contribution >= 0.6 is 22.9 Å². The highest BCUT2D eigenvalue weighted by Gasteiger charge is 2.33. The number of benzene rings is 3. The summed E-state index contributed by atoms with van der Waals surface area (Å²) >= 11 is 7.52. The first-order chi connectivity index (χ1) is 20.8. The highest BCUT2D eigenvalue weighted by Crippen LogP contribution is 2.32. The number of halogens is 1. The lowest BCUT2D eigenvalue weighted by molar-refractivity contribution is -0.139. The Bertz CT molecular complexity index is 1860. The highest BCUT2D eigenvalue weighted by atomic mass is 35.5. The number of thiazole rings is 1. The van der Waals surface area contributed by atoms with Crippen molar-refractivity contribution < 1.29 is 23.7 Å². The number of carbonyl (C=O) groups is 1. The Morgan fingerprint density at radius 1 is 1.02 bits per heavy atom. The van der Waals surface area contributed by atoms with Gasteiger partial charge in [0.15, 0.2) is 16.3 Å². The van der Waals surface area contributed by atoms with Crippen molar-refractivity contribution in [3.05, 3.63) is 119 Å². The van der Waals surface area contributed by atoms with Gasteiger partial charge in [0.2, 0.25) is 0 Å². The Kier molecular flexibility index (Phi) is 9.33. The number of hydrogen-bond acceptors (Lipinski definition) is 8. The van der Waals surface area contributed by atoms with E-state index in [0.717, 1.165) is 16.7 Å². The minimum atomic E-state index is -0.705. The Balaban J connectivity index is 1.54. The Morgan fingerprint density at radius 3 is 2.49 bits per heavy atom. The second-order valence-electron chi connectivity index (χ2n) is 9.59. The molecule has 222 valence electrons. The summed E-state index contributed by atoms with van der Waals surface area (Å²) < 4.78 is 24.6. The van der Waals surface area contributed by atoms with Gasteiger partial charge in [-0.15, -0.1) is 0 Å². The van der Waals surface area contributed by atoms with Crippen molar-refractivity contribution in [2.24, 2.45) is 4.99 Å². The molecule has 0 saturated heterocycles. The number of ether oxygens (including phenoxy) is 4. The Labute approximate surface area is 258 Å². The third-order valence-electron chi connectivity index (χ3n) is 6.85. The fraction of sp³-hybridized carbons (Fsp3) is 0.242. The largest absolute Gasteiger partial charge is 0.494 e. The van der Waals surface area contributed by atoms with Crippen molar-refractivity contribution in [1.29, 1.82) is 0 Å². The van der Waals surface area contributed by atoms with E-state index in [1.807, 2.05) is 61.5 Å². The average Bonchev–Trinajstić information content (AvgIpc) is 3.30. The number of esters is 1. The molecule has 4 aromatic rings. The molecule has 8 nitrogen and oxygen atoms in total. The van der Waals surface area contributed by atoms with Gasteiger partial charge in [0.1, 0.15) is 12.4 Å². The van der Waals surface area contributed by atoms with E-state index < -0.39 is 12.0 Å². The lowest BCUT2D eigenvalue weighted by Crippen LogP contribution is -2.39. The molecular formula is C33H31ClN2O6S. The topological polar surface area (TPSA) is 88.4 Å². The number of rotatable bonds is 10. The van der Waals surface area contributed by atoms with Crippen LogP contribution in [-0.4, -0.2) is 30.9 Å². The third kappa shape index (κ3) is 6.38. The van der Waals surface area contributed by atoms with Crippen LogP contribution in [0.1, 0.15) is 43.5 Å². The Morgan fingerprint density at radius 2 is 1.79 bits per heavy atom. The van der Waals surface area contributed by atoms with Crippen molar-refractivity contribution >= 4 is 35.0 Å². The van der Waals surface area contributed by atoms with Gasteiger partial charge in [-0.25, -0.2) is 9.79 Å². The maximum atomic E-state index is 13.9. The minimum Gasteiger partial charge on any atom is -0.494 e. The van der Waals surface area contributed by atoms with Gasteiger partial charge in [-0.2, -0.15) is 0 Å². The summed E-state index contributed by atoms with van der Waals surface area (Å²) in [6.45, 7) is 6.43. The first-order valence-electron chi connectivity index (χ1n) is 13.8. The monoisotopic (exact) mass is 618 g/mol. The second kappa shape index (κ2) is 13.3. The summed E-state index contributed by atoms with van der Waals surface area (Å²) in [6.07, 6.45) is 1.78. The van der Waals surface area contributed by atoms with E-state index in [1.54, 1.807) is 43.7 Å². The van der Waals surface area contributed by atoms with E-state index in [0.29, 0.717) is 49.5 Å². The van der Waals surface area contributed by atoms with Crippen LogP contribution in [0.3, 0.4) is 0 Å². The van der Waals surface area contributed by atoms with Crippen LogP contribution < -0.4 is 29.1 Å². The first-order valence-corrected chi connectivity index (χ1v) is 15.0. The number of hydrogen-bond donors (Lipinski definition) is 0. The number of aromatic nitrogens is 1. The minimum absolute atomic E-state index is 0.204. The fourth-order valence-electron chi connectivity index (χ4n) is 4.84. The van der Waals surface area contributed by atoms with Crippen molar-refractivity contribution in [2.75, 3.05) is 20.3 Å². The van der Waals surface area contributed by atoms with Crippen LogP contribution in [0.25, 0.3) is 6.08 Å². The van der Waals surface area contributed by atoms with E-state index in [9.17, 15) is 9.59 Å². The van der Waals surface area contributed by atoms with Crippen LogP contribution in [0.4, 0.5) is 0 Å². The van der Waals surface area contributed by atoms with Crippen molar-refractivity contribution in [3.8, 4) is 17.2 Å².